The van der Waals surface area contributed by atoms with E-state index < -0.39 is 0 Å². The summed E-state index contributed by atoms with van der Waals surface area (Å²) in [6.45, 7) is 0.921. The van der Waals surface area contributed by atoms with Crippen molar-refractivity contribution in [3.05, 3.63) is 106 Å². The fourth-order valence-electron chi connectivity index (χ4n) is 2.93. The van der Waals surface area contributed by atoms with Crippen molar-refractivity contribution in [1.29, 1.82) is 0 Å². The topological polar surface area (TPSA) is 27.1 Å². The van der Waals surface area contributed by atoms with Gasteiger partial charge in [-0.25, -0.2) is 4.39 Å². The summed E-state index contributed by atoms with van der Waals surface area (Å²) in [5, 5.41) is 5.78. The lowest BCUT2D eigenvalue weighted by atomic mass is 10.1. The van der Waals surface area contributed by atoms with Crippen LogP contribution in [0.1, 0.15) is 11.1 Å². The number of nitrogens with zero attached hydrogens (tertiary/aromatic N) is 2. The van der Waals surface area contributed by atoms with E-state index in [2.05, 4.69) is 5.10 Å². The highest BCUT2D eigenvalue weighted by Crippen LogP contribution is 2.25. The Morgan fingerprint density at radius 1 is 0.931 bits per heavy atom. The maximum absolute atomic E-state index is 13.1. The average molecular weight is 427 g/mol. The number of aromatic nitrogens is 2. The van der Waals surface area contributed by atoms with E-state index in [9.17, 15) is 4.39 Å². The first-order valence-electron chi connectivity index (χ1n) is 9.02. The zero-order valence-electron chi connectivity index (χ0n) is 15.4. The van der Waals surface area contributed by atoms with Gasteiger partial charge in [-0.3, -0.25) is 4.68 Å². The van der Waals surface area contributed by atoms with Gasteiger partial charge >= 0.3 is 0 Å². The van der Waals surface area contributed by atoms with Gasteiger partial charge in [-0.05, 0) is 48.0 Å². The normalized spacial score (nSPS) is 10.9. The molecule has 0 bridgehead atoms. The van der Waals surface area contributed by atoms with Crippen LogP contribution in [0.15, 0.2) is 79.0 Å². The average Bonchev–Trinajstić information content (AvgIpc) is 3.18. The van der Waals surface area contributed by atoms with E-state index in [4.69, 9.17) is 27.9 Å². The van der Waals surface area contributed by atoms with Crippen molar-refractivity contribution >= 4 is 23.2 Å². The molecule has 0 unspecified atom stereocenters. The molecular weight excluding hydrogens is 410 g/mol. The van der Waals surface area contributed by atoms with Crippen molar-refractivity contribution in [2.75, 3.05) is 0 Å². The molecular formula is C23H17Cl2FN2O. The number of ether oxygens (including phenoxy) is 1. The lowest BCUT2D eigenvalue weighted by Crippen LogP contribution is -2.00. The second-order valence-corrected chi connectivity index (χ2v) is 7.42. The molecule has 0 radical (unpaired) electrons. The molecule has 0 spiro atoms. The molecule has 0 fully saturated rings. The van der Waals surface area contributed by atoms with Crippen LogP contribution in [-0.4, -0.2) is 9.78 Å². The Kier molecular flexibility index (Phi) is 5.84. The molecule has 4 rings (SSSR count). The highest BCUT2D eigenvalue weighted by Gasteiger charge is 2.07. The van der Waals surface area contributed by atoms with Crippen LogP contribution in [0.4, 0.5) is 4.39 Å². The third-order valence-corrected chi connectivity index (χ3v) is 5.02. The minimum Gasteiger partial charge on any atom is -0.489 e. The zero-order chi connectivity index (χ0) is 20.2. The predicted octanol–water partition coefficient (Wildman–Crippen LogP) is 6.62. The Labute approximate surface area is 178 Å². The highest BCUT2D eigenvalue weighted by molar-refractivity contribution is 6.35. The van der Waals surface area contributed by atoms with Crippen LogP contribution in [0.5, 0.6) is 5.75 Å². The van der Waals surface area contributed by atoms with Crippen LogP contribution in [0.3, 0.4) is 0 Å². The highest BCUT2D eigenvalue weighted by atomic mass is 35.5. The van der Waals surface area contributed by atoms with Gasteiger partial charge < -0.3 is 4.74 Å². The van der Waals surface area contributed by atoms with E-state index in [-0.39, 0.29) is 5.82 Å². The van der Waals surface area contributed by atoms with Gasteiger partial charge in [-0.15, -0.1) is 0 Å². The quantitative estimate of drug-likeness (QED) is 0.346. The Hall–Kier alpha value is -2.82. The molecule has 0 N–H and O–H groups in total. The smallest absolute Gasteiger partial charge is 0.123 e. The Bertz CT molecular complexity index is 1130. The molecule has 4 aromatic rings. The van der Waals surface area contributed by atoms with Crippen molar-refractivity contribution in [2.24, 2.45) is 0 Å². The first-order chi connectivity index (χ1) is 14.1. The summed E-state index contributed by atoms with van der Waals surface area (Å²) in [5.41, 5.74) is 3.63. The second-order valence-electron chi connectivity index (χ2n) is 6.58. The molecule has 6 heteroatoms. The molecule has 146 valence electrons. The Morgan fingerprint density at radius 2 is 1.76 bits per heavy atom. The summed E-state index contributed by atoms with van der Waals surface area (Å²) >= 11 is 12.1. The molecule has 29 heavy (non-hydrogen) atoms. The lowest BCUT2D eigenvalue weighted by molar-refractivity contribution is 0.306. The van der Waals surface area contributed by atoms with Crippen LogP contribution in [0.2, 0.25) is 10.0 Å². The van der Waals surface area contributed by atoms with Gasteiger partial charge in [0.25, 0.3) is 0 Å². The van der Waals surface area contributed by atoms with Crippen molar-refractivity contribution in [3.8, 4) is 17.0 Å². The number of rotatable bonds is 6. The molecule has 3 aromatic carbocycles. The van der Waals surface area contributed by atoms with Gasteiger partial charge in [-0.2, -0.15) is 5.10 Å². The third kappa shape index (κ3) is 4.97. The van der Waals surface area contributed by atoms with Crippen LogP contribution in [0.25, 0.3) is 11.3 Å². The summed E-state index contributed by atoms with van der Waals surface area (Å²) in [5.74, 6) is 0.480. The molecule has 0 amide bonds. The maximum Gasteiger partial charge on any atom is 0.123 e. The van der Waals surface area contributed by atoms with Crippen molar-refractivity contribution in [2.45, 2.75) is 13.2 Å². The molecule has 0 aliphatic carbocycles. The van der Waals surface area contributed by atoms with E-state index in [0.29, 0.717) is 23.2 Å². The fraction of sp³-hybridized carbons (Fsp3) is 0.0870. The van der Waals surface area contributed by atoms with Crippen molar-refractivity contribution in [1.82, 2.24) is 9.78 Å². The minimum absolute atomic E-state index is 0.244. The summed E-state index contributed by atoms with van der Waals surface area (Å²) in [4.78, 5) is 0. The summed E-state index contributed by atoms with van der Waals surface area (Å²) in [6.07, 6.45) is 1.90. The van der Waals surface area contributed by atoms with E-state index in [1.54, 1.807) is 24.3 Å². The summed E-state index contributed by atoms with van der Waals surface area (Å²) < 4.78 is 20.8. The van der Waals surface area contributed by atoms with Gasteiger partial charge in [0.05, 0.1) is 12.2 Å². The standard InChI is InChI=1S/C23H17Cl2FN2O/c24-19-7-6-18(22(25)13-19)15-29-21-3-1-2-17(12-21)23-10-11-28(27-23)14-16-4-8-20(26)9-5-16/h1-13H,14-15H2. The molecule has 1 heterocycles. The largest absolute Gasteiger partial charge is 0.489 e. The zero-order valence-corrected chi connectivity index (χ0v) is 16.9. The van der Waals surface area contributed by atoms with Crippen molar-refractivity contribution in [3.63, 3.8) is 0 Å². The molecule has 0 atom stereocenters. The molecule has 3 nitrogen and oxygen atoms in total. The lowest BCUT2D eigenvalue weighted by Gasteiger charge is -2.09. The maximum atomic E-state index is 13.1. The molecule has 0 aliphatic heterocycles. The van der Waals surface area contributed by atoms with Gasteiger partial charge in [0.15, 0.2) is 0 Å². The van der Waals surface area contributed by atoms with Crippen LogP contribution in [-0.2, 0) is 13.2 Å². The third-order valence-electron chi connectivity index (χ3n) is 4.44. The Balaban J connectivity index is 1.45. The molecule has 0 saturated carbocycles. The van der Waals surface area contributed by atoms with E-state index in [1.807, 2.05) is 47.3 Å². The number of halogens is 3. The van der Waals surface area contributed by atoms with Gasteiger partial charge in [0.1, 0.15) is 18.2 Å². The monoisotopic (exact) mass is 426 g/mol. The van der Waals surface area contributed by atoms with E-state index >= 15 is 0 Å². The predicted molar refractivity (Wildman–Crippen MR) is 114 cm³/mol. The Morgan fingerprint density at radius 3 is 2.55 bits per heavy atom. The van der Waals surface area contributed by atoms with Crippen molar-refractivity contribution < 1.29 is 9.13 Å². The minimum atomic E-state index is -0.244. The van der Waals surface area contributed by atoms with Gasteiger partial charge in [0, 0.05) is 27.4 Å². The first kappa shape index (κ1) is 19.5. The number of hydrogen-bond acceptors (Lipinski definition) is 2. The van der Waals surface area contributed by atoms with Crippen LogP contribution < -0.4 is 4.74 Å². The second kappa shape index (κ2) is 8.68. The summed E-state index contributed by atoms with van der Waals surface area (Å²) in [7, 11) is 0. The summed E-state index contributed by atoms with van der Waals surface area (Å²) in [6, 6.07) is 21.4. The number of benzene rings is 3. The van der Waals surface area contributed by atoms with E-state index in [1.165, 1.54) is 12.1 Å². The van der Waals surface area contributed by atoms with Crippen LogP contribution >= 0.6 is 23.2 Å². The first-order valence-corrected chi connectivity index (χ1v) is 9.77. The van der Waals surface area contributed by atoms with Crippen LogP contribution in [0, 0.1) is 5.82 Å². The molecule has 0 aliphatic rings. The van der Waals surface area contributed by atoms with Gasteiger partial charge in [0.2, 0.25) is 0 Å². The SMILES string of the molecule is Fc1ccc(Cn2ccc(-c3cccc(OCc4ccc(Cl)cc4Cl)c3)n2)cc1. The van der Waals surface area contributed by atoms with E-state index in [0.717, 1.165) is 28.1 Å². The number of hydrogen-bond donors (Lipinski definition) is 0. The molecule has 1 aromatic heterocycles. The molecule has 0 saturated heterocycles. The van der Waals surface area contributed by atoms with Gasteiger partial charge in [-0.1, -0.05) is 53.5 Å². The fourth-order valence-corrected chi connectivity index (χ4v) is 3.39.